The molecule has 1 aliphatic heterocycles. The molecular formula is C75H99FN18O13. The molecule has 5 aromatic carbocycles. The summed E-state index contributed by atoms with van der Waals surface area (Å²) in [5, 5.41) is 53.8. The number of nitrogens with zero attached hydrogens (tertiary/aromatic N) is 3. The van der Waals surface area contributed by atoms with Gasteiger partial charge in [-0.05, 0) is 121 Å². The Morgan fingerprint density at radius 1 is 0.570 bits per heavy atom. The van der Waals surface area contributed by atoms with Crippen molar-refractivity contribution in [1.29, 1.82) is 0 Å². The van der Waals surface area contributed by atoms with E-state index in [1.54, 1.807) is 58.4 Å². The second-order valence-corrected chi connectivity index (χ2v) is 26.7. The summed E-state index contributed by atoms with van der Waals surface area (Å²) < 4.78 is 14.4. The summed E-state index contributed by atoms with van der Waals surface area (Å²) in [5.74, 6) is -9.68. The van der Waals surface area contributed by atoms with Crippen molar-refractivity contribution in [1.82, 2.24) is 68.4 Å². The molecule has 7 rings (SSSR count). The third-order valence-electron chi connectivity index (χ3n) is 17.9. The van der Waals surface area contributed by atoms with Crippen molar-refractivity contribution in [2.45, 2.75) is 152 Å². The van der Waals surface area contributed by atoms with Gasteiger partial charge in [-0.2, -0.15) is 0 Å². The molecule has 31 nitrogen and oxygen atoms in total. The normalized spacial score (nSPS) is 14.8. The number of unbranched alkanes of at least 4 members (excludes halogenated alkanes) is 1. The van der Waals surface area contributed by atoms with E-state index in [1.807, 2.05) is 42.5 Å². The van der Waals surface area contributed by atoms with Crippen molar-refractivity contribution < 1.29 is 67.3 Å². The van der Waals surface area contributed by atoms with E-state index in [0.717, 1.165) is 10.8 Å². The number of aliphatic imine (C=N–C) groups is 2. The van der Waals surface area contributed by atoms with Gasteiger partial charge in [0.05, 0.1) is 13.2 Å². The van der Waals surface area contributed by atoms with Gasteiger partial charge in [0.25, 0.3) is 0 Å². The maximum absolute atomic E-state index is 15.1. The number of nitrogens with two attached hydrogens (primary N) is 3. The van der Waals surface area contributed by atoms with E-state index < -0.39 is 138 Å². The highest BCUT2D eigenvalue weighted by atomic mass is 19.1. The number of halogens is 1. The van der Waals surface area contributed by atoms with Crippen LogP contribution < -0.4 is 75.7 Å². The van der Waals surface area contributed by atoms with E-state index in [1.165, 1.54) is 60.4 Å². The number of rotatable bonds is 39. The smallest absolute Gasteiger partial charge is 0.245 e. The van der Waals surface area contributed by atoms with Crippen molar-refractivity contribution in [3.63, 3.8) is 0 Å². The summed E-state index contributed by atoms with van der Waals surface area (Å²) >= 11 is 0. The molecule has 0 saturated carbocycles. The molecule has 107 heavy (non-hydrogen) atoms. The Bertz CT molecular complexity index is 4130. The summed E-state index contributed by atoms with van der Waals surface area (Å²) in [4.78, 5) is 169. The van der Waals surface area contributed by atoms with E-state index in [2.05, 4.69) is 73.5 Å². The average Bonchev–Trinajstić information content (AvgIpc) is 1.03. The van der Waals surface area contributed by atoms with Crippen LogP contribution in [0, 0.1) is 11.7 Å². The second-order valence-electron chi connectivity index (χ2n) is 26.7. The molecule has 0 bridgehead atoms. The molecule has 9 atom stereocenters. The molecular weight excluding hydrogens is 1380 g/mol. The van der Waals surface area contributed by atoms with Crippen LogP contribution in [0.1, 0.15) is 94.4 Å². The zero-order valence-corrected chi connectivity index (χ0v) is 60.7. The Morgan fingerprint density at radius 3 is 1.68 bits per heavy atom. The third kappa shape index (κ3) is 25.8. The van der Waals surface area contributed by atoms with Crippen LogP contribution in [0.25, 0.3) is 21.7 Å². The van der Waals surface area contributed by atoms with Gasteiger partial charge in [-0.1, -0.05) is 98.8 Å². The number of carbonyl (C=O) groups excluding carboxylic acids is 11. The van der Waals surface area contributed by atoms with Gasteiger partial charge in [-0.25, -0.2) is 4.39 Å². The van der Waals surface area contributed by atoms with E-state index in [9.17, 15) is 53.0 Å². The number of benzene rings is 5. The van der Waals surface area contributed by atoms with Crippen molar-refractivity contribution in [2.75, 3.05) is 46.9 Å². The van der Waals surface area contributed by atoms with Crippen LogP contribution in [-0.2, 0) is 78.4 Å². The van der Waals surface area contributed by atoms with Crippen LogP contribution in [-0.4, -0.2) is 198 Å². The summed E-state index contributed by atoms with van der Waals surface area (Å²) in [6, 6.07) is 18.2. The number of aromatic hydroxyl groups is 1. The van der Waals surface area contributed by atoms with Gasteiger partial charge < -0.3 is 95.8 Å². The molecule has 0 spiro atoms. The molecule has 20 N–H and O–H groups in total. The number of primary amides is 1. The number of nitrogens with one attached hydrogen (secondary N) is 12. The molecule has 1 aliphatic rings. The number of H-pyrrole nitrogens is 1. The van der Waals surface area contributed by atoms with Crippen molar-refractivity contribution in [3.8, 4) is 5.75 Å². The van der Waals surface area contributed by atoms with Gasteiger partial charge in [-0.3, -0.25) is 62.7 Å². The van der Waals surface area contributed by atoms with Crippen molar-refractivity contribution in [2.24, 2.45) is 33.1 Å². The van der Waals surface area contributed by atoms with E-state index in [0.29, 0.717) is 52.0 Å². The standard InChI is InChI=1S/C75H99FN18O13/c1-43(2)34-57(66(100)88-56(19-12-32-82-74(78)79)73(107)94-33-13-20-63(94)72(106)85-41-64(77)98)89-65(99)55(18-10-11-31-83-75(80-4)81-5)87-68(102)59(37-46-24-29-52(97)30-25-46)91-71(105)62(42-95)93-70(104)61(39-50-40-84-54-17-9-8-16-53(50)54)92-69(103)60(36-45-22-27-51(76)28-23-45)90-67(101)58(86-44(3)96)38-47-21-26-48-14-6-7-15-49(48)35-47/h6-9,14-17,21-30,35,40,43,55-63,84,95,97H,10-13,18-20,31-34,36-39,41-42H2,1-5H3,(H2,77,98)(H,85,106)(H,86,96)(H,87,102)(H,88,100)(H,89,99)(H,90,101)(H,91,105)(H,92,103)(H,93,104)(H4,78,79,82)(H2,80,81,83)/t55-,56+,57+,58-,59+,60-,61-,62+,63+/m1/s1. The number of hydrogen-bond donors (Lipinski definition) is 17. The SMILES string of the molecule is CNC(=NCCCC[C@@H](NC(=O)[C@H](Cc1ccc(O)cc1)NC(=O)[C@H](CO)NC(=O)[C@@H](Cc1c[nH]c2ccccc12)NC(=O)[C@@H](Cc1ccc(F)cc1)NC(=O)[C@@H](Cc1ccc2ccccc2c1)NC(C)=O)C(=O)N[C@@H](CC(C)C)C(=O)N[C@@H](CCCN=C(N)N)C(=O)N1CCC[C@H]1C(=O)NCC(N)=O)NC. The first kappa shape index (κ1) is 82.6. The quantitative estimate of drug-likeness (QED) is 0.0137. The summed E-state index contributed by atoms with van der Waals surface area (Å²) in [6.45, 7) is 3.75. The Morgan fingerprint density at radius 2 is 1.07 bits per heavy atom. The van der Waals surface area contributed by atoms with Gasteiger partial charge in [0, 0.05) is 83.4 Å². The number of amides is 11. The lowest BCUT2D eigenvalue weighted by molar-refractivity contribution is -0.142. The van der Waals surface area contributed by atoms with Crippen LogP contribution in [0.3, 0.4) is 0 Å². The lowest BCUT2D eigenvalue weighted by Crippen LogP contribution is -2.61. The lowest BCUT2D eigenvalue weighted by Gasteiger charge is -2.30. The molecule has 32 heteroatoms. The van der Waals surface area contributed by atoms with Crippen molar-refractivity contribution in [3.05, 3.63) is 150 Å². The Kier molecular flexibility index (Phi) is 31.7. The van der Waals surface area contributed by atoms with Gasteiger partial charge in [0.1, 0.15) is 65.9 Å². The Hall–Kier alpha value is -11.7. The number of carbonyl (C=O) groups is 11. The first-order valence-corrected chi connectivity index (χ1v) is 35.6. The molecule has 6 aromatic rings. The largest absolute Gasteiger partial charge is 0.508 e. The Labute approximate surface area is 619 Å². The van der Waals surface area contributed by atoms with Crippen LogP contribution in [0.15, 0.2) is 131 Å². The van der Waals surface area contributed by atoms with E-state index >= 15 is 14.4 Å². The van der Waals surface area contributed by atoms with Gasteiger partial charge >= 0.3 is 0 Å². The number of aliphatic hydroxyl groups excluding tert-OH is 1. The zero-order valence-electron chi connectivity index (χ0n) is 60.7. The summed E-state index contributed by atoms with van der Waals surface area (Å²) in [6.07, 6.45) is 2.26. The van der Waals surface area contributed by atoms with Crippen LogP contribution >= 0.6 is 0 Å². The molecule has 2 heterocycles. The molecule has 1 aromatic heterocycles. The predicted molar refractivity (Wildman–Crippen MR) is 400 cm³/mol. The highest BCUT2D eigenvalue weighted by molar-refractivity contribution is 6.00. The first-order chi connectivity index (χ1) is 51.2. The van der Waals surface area contributed by atoms with Crippen LogP contribution in [0.4, 0.5) is 4.39 Å². The molecule has 1 fully saturated rings. The summed E-state index contributed by atoms with van der Waals surface area (Å²) in [5.41, 5.74) is 19.1. The number of aromatic amines is 1. The number of hydrogen-bond acceptors (Lipinski definition) is 15. The molecule has 0 unspecified atom stereocenters. The minimum Gasteiger partial charge on any atom is -0.508 e. The van der Waals surface area contributed by atoms with Crippen LogP contribution in [0.2, 0.25) is 0 Å². The fourth-order valence-electron chi connectivity index (χ4n) is 12.5. The highest BCUT2D eigenvalue weighted by Crippen LogP contribution is 2.24. The number of phenols is 1. The zero-order chi connectivity index (χ0) is 77.7. The maximum atomic E-state index is 15.1. The Balaban J connectivity index is 1.16. The van der Waals surface area contributed by atoms with Crippen molar-refractivity contribution >= 4 is 98.6 Å². The van der Waals surface area contributed by atoms with Gasteiger partial charge in [0.15, 0.2) is 11.9 Å². The average molecular weight is 1480 g/mol. The minimum atomic E-state index is -1.85. The fraction of sp³-hybridized carbons (Fsp3) is 0.427. The van der Waals surface area contributed by atoms with Crippen LogP contribution in [0.5, 0.6) is 5.75 Å². The molecule has 1 saturated heterocycles. The maximum Gasteiger partial charge on any atom is 0.245 e. The van der Waals surface area contributed by atoms with Gasteiger partial charge in [-0.15, -0.1) is 0 Å². The number of aromatic nitrogens is 1. The highest BCUT2D eigenvalue weighted by Gasteiger charge is 2.40. The molecule has 11 amide bonds. The number of guanidine groups is 2. The summed E-state index contributed by atoms with van der Waals surface area (Å²) in [7, 11) is 3.34. The number of para-hydroxylation sites is 1. The molecule has 0 radical (unpaired) electrons. The monoisotopic (exact) mass is 1480 g/mol. The third-order valence-corrected chi connectivity index (χ3v) is 17.9. The number of aliphatic hydroxyl groups is 1. The van der Waals surface area contributed by atoms with E-state index in [4.69, 9.17) is 17.2 Å². The minimum absolute atomic E-state index is 0.00223. The topological polar surface area (TPSA) is 482 Å². The fourth-order valence-corrected chi connectivity index (χ4v) is 12.5. The number of likely N-dealkylation sites (tertiary alicyclic amines) is 1. The van der Waals surface area contributed by atoms with E-state index in [-0.39, 0.29) is 101 Å². The number of fused-ring (bicyclic) bond motifs is 2. The predicted octanol–water partition coefficient (Wildman–Crippen LogP) is -0.0157. The lowest BCUT2D eigenvalue weighted by atomic mass is 9.99. The number of phenolic OH excluding ortho intramolecular Hbond substituents is 1. The molecule has 574 valence electrons. The van der Waals surface area contributed by atoms with Gasteiger partial charge in [0.2, 0.25) is 65.0 Å². The molecule has 0 aliphatic carbocycles. The first-order valence-electron chi connectivity index (χ1n) is 35.6. The second kappa shape index (κ2) is 41.1.